The number of pyridine rings is 1. The molecule has 3 aromatic rings. The average Bonchev–Trinajstić information content (AvgIpc) is 2.98. The van der Waals surface area contributed by atoms with E-state index in [1.165, 1.54) is 30.3 Å². The lowest BCUT2D eigenvalue weighted by atomic mass is 9.97. The SMILES string of the molecule is C=C(Nc1cc2cc(-c3cnn(C)c3)ccc2cn1)C1CCCN(C)CC1. The van der Waals surface area contributed by atoms with Gasteiger partial charge in [0.2, 0.25) is 0 Å². The maximum Gasteiger partial charge on any atom is 0.130 e. The van der Waals surface area contributed by atoms with Gasteiger partial charge < -0.3 is 10.2 Å². The van der Waals surface area contributed by atoms with Gasteiger partial charge in [-0.05, 0) is 68.4 Å². The molecule has 5 heteroatoms. The van der Waals surface area contributed by atoms with Crippen molar-refractivity contribution in [2.75, 3.05) is 25.5 Å². The Morgan fingerprint density at radius 3 is 2.78 bits per heavy atom. The van der Waals surface area contributed by atoms with Gasteiger partial charge in [0.15, 0.2) is 0 Å². The van der Waals surface area contributed by atoms with E-state index < -0.39 is 0 Å². The van der Waals surface area contributed by atoms with Crippen LogP contribution in [-0.2, 0) is 7.05 Å². The molecule has 3 heterocycles. The van der Waals surface area contributed by atoms with Crippen LogP contribution in [0.25, 0.3) is 21.9 Å². The van der Waals surface area contributed by atoms with Gasteiger partial charge in [0.1, 0.15) is 5.82 Å². The standard InChI is InChI=1S/C22H27N5/c1-16(17-5-4-9-26(2)10-8-17)25-22-12-20-11-18(6-7-19(20)13-23-22)21-14-24-27(3)15-21/h6-7,11-15,17H,1,4-5,8-10H2,2-3H3,(H,23,25). The number of anilines is 1. The third-order valence-electron chi connectivity index (χ3n) is 5.49. The quantitative estimate of drug-likeness (QED) is 0.753. The van der Waals surface area contributed by atoms with Gasteiger partial charge in [0, 0.05) is 36.1 Å². The highest BCUT2D eigenvalue weighted by Gasteiger charge is 2.18. The van der Waals surface area contributed by atoms with Crippen molar-refractivity contribution in [2.45, 2.75) is 19.3 Å². The van der Waals surface area contributed by atoms with Crippen molar-refractivity contribution in [3.63, 3.8) is 0 Å². The maximum absolute atomic E-state index is 4.59. The summed E-state index contributed by atoms with van der Waals surface area (Å²) in [6, 6.07) is 8.55. The van der Waals surface area contributed by atoms with E-state index in [9.17, 15) is 0 Å². The summed E-state index contributed by atoms with van der Waals surface area (Å²) in [4.78, 5) is 6.99. The van der Waals surface area contributed by atoms with E-state index in [4.69, 9.17) is 0 Å². The second-order valence-corrected chi connectivity index (χ2v) is 7.62. The molecule has 0 radical (unpaired) electrons. The van der Waals surface area contributed by atoms with Crippen molar-refractivity contribution in [2.24, 2.45) is 13.0 Å². The monoisotopic (exact) mass is 361 g/mol. The first-order chi connectivity index (χ1) is 13.1. The van der Waals surface area contributed by atoms with Gasteiger partial charge in [-0.1, -0.05) is 18.7 Å². The zero-order valence-electron chi connectivity index (χ0n) is 16.2. The number of allylic oxidation sites excluding steroid dienone is 1. The van der Waals surface area contributed by atoms with Crippen molar-refractivity contribution in [1.29, 1.82) is 0 Å². The Hall–Kier alpha value is -2.66. The predicted molar refractivity (Wildman–Crippen MR) is 112 cm³/mol. The predicted octanol–water partition coefficient (Wildman–Crippen LogP) is 4.29. The molecule has 1 unspecified atom stereocenters. The van der Waals surface area contributed by atoms with Gasteiger partial charge in [-0.15, -0.1) is 0 Å². The molecule has 0 spiro atoms. The second kappa shape index (κ2) is 7.53. The summed E-state index contributed by atoms with van der Waals surface area (Å²) in [5, 5.41) is 10.0. The fourth-order valence-electron chi connectivity index (χ4n) is 3.81. The first-order valence-electron chi connectivity index (χ1n) is 9.62. The van der Waals surface area contributed by atoms with Crippen LogP contribution in [0.4, 0.5) is 5.82 Å². The minimum absolute atomic E-state index is 0.508. The number of hydrogen-bond donors (Lipinski definition) is 1. The van der Waals surface area contributed by atoms with Crippen LogP contribution in [0.3, 0.4) is 0 Å². The van der Waals surface area contributed by atoms with E-state index in [-0.39, 0.29) is 0 Å². The minimum atomic E-state index is 0.508. The van der Waals surface area contributed by atoms with Crippen LogP contribution in [0, 0.1) is 5.92 Å². The Bertz CT molecular complexity index is 958. The first kappa shape index (κ1) is 17.7. The number of fused-ring (bicyclic) bond motifs is 1. The highest BCUT2D eigenvalue weighted by atomic mass is 15.2. The largest absolute Gasteiger partial charge is 0.344 e. The lowest BCUT2D eigenvalue weighted by molar-refractivity contribution is 0.345. The summed E-state index contributed by atoms with van der Waals surface area (Å²) >= 11 is 0. The lowest BCUT2D eigenvalue weighted by Crippen LogP contribution is -2.19. The van der Waals surface area contributed by atoms with E-state index >= 15 is 0 Å². The van der Waals surface area contributed by atoms with Gasteiger partial charge in [-0.3, -0.25) is 4.68 Å². The fraction of sp³-hybridized carbons (Fsp3) is 0.364. The molecule has 0 amide bonds. The van der Waals surface area contributed by atoms with E-state index in [0.29, 0.717) is 5.92 Å². The van der Waals surface area contributed by atoms with E-state index in [1.807, 2.05) is 30.3 Å². The molecule has 1 fully saturated rings. The van der Waals surface area contributed by atoms with Gasteiger partial charge in [0.05, 0.1) is 6.20 Å². The normalized spacial score (nSPS) is 18.4. The maximum atomic E-state index is 4.59. The molecular weight excluding hydrogens is 334 g/mol. The highest BCUT2D eigenvalue weighted by molar-refractivity contribution is 5.88. The number of aromatic nitrogens is 3. The number of aryl methyl sites for hydroxylation is 1. The third-order valence-corrected chi connectivity index (χ3v) is 5.49. The fourth-order valence-corrected chi connectivity index (χ4v) is 3.81. The number of benzene rings is 1. The molecule has 0 saturated carbocycles. The summed E-state index contributed by atoms with van der Waals surface area (Å²) in [7, 11) is 4.14. The van der Waals surface area contributed by atoms with Crippen molar-refractivity contribution < 1.29 is 0 Å². The molecule has 1 aliphatic heterocycles. The lowest BCUT2D eigenvalue weighted by Gasteiger charge is -2.19. The molecule has 0 bridgehead atoms. The number of nitrogens with one attached hydrogen (secondary N) is 1. The van der Waals surface area contributed by atoms with Crippen molar-refractivity contribution in [3.05, 3.63) is 55.1 Å². The van der Waals surface area contributed by atoms with Crippen molar-refractivity contribution in [1.82, 2.24) is 19.7 Å². The van der Waals surface area contributed by atoms with Crippen LogP contribution < -0.4 is 5.32 Å². The van der Waals surface area contributed by atoms with Crippen molar-refractivity contribution >= 4 is 16.6 Å². The van der Waals surface area contributed by atoms with Gasteiger partial charge in [0.25, 0.3) is 0 Å². The van der Waals surface area contributed by atoms with Crippen LogP contribution in [0.1, 0.15) is 19.3 Å². The van der Waals surface area contributed by atoms with Gasteiger partial charge in [-0.25, -0.2) is 4.98 Å². The molecule has 1 atom stereocenters. The molecule has 5 nitrogen and oxygen atoms in total. The zero-order valence-corrected chi connectivity index (χ0v) is 16.2. The minimum Gasteiger partial charge on any atom is -0.344 e. The highest BCUT2D eigenvalue weighted by Crippen LogP contribution is 2.27. The number of nitrogens with zero attached hydrogens (tertiary/aromatic N) is 4. The second-order valence-electron chi connectivity index (χ2n) is 7.62. The van der Waals surface area contributed by atoms with E-state index in [0.717, 1.165) is 35.4 Å². The van der Waals surface area contributed by atoms with E-state index in [1.54, 1.807) is 0 Å². The molecule has 1 aliphatic rings. The van der Waals surface area contributed by atoms with Crippen LogP contribution in [-0.4, -0.2) is 39.8 Å². The molecule has 27 heavy (non-hydrogen) atoms. The van der Waals surface area contributed by atoms with Crippen molar-refractivity contribution in [3.8, 4) is 11.1 Å². The molecular formula is C22H27N5. The Morgan fingerprint density at radius 2 is 1.96 bits per heavy atom. The number of likely N-dealkylation sites (tertiary alicyclic amines) is 1. The van der Waals surface area contributed by atoms with Crippen LogP contribution in [0.2, 0.25) is 0 Å². The van der Waals surface area contributed by atoms with Crippen LogP contribution in [0.15, 0.2) is 55.1 Å². The van der Waals surface area contributed by atoms with Gasteiger partial charge in [-0.2, -0.15) is 5.10 Å². The zero-order chi connectivity index (χ0) is 18.8. The molecule has 1 N–H and O–H groups in total. The average molecular weight is 361 g/mol. The van der Waals surface area contributed by atoms with Crippen LogP contribution >= 0.6 is 0 Å². The molecule has 2 aromatic heterocycles. The number of rotatable bonds is 4. The Kier molecular flexibility index (Phi) is 4.94. The molecule has 4 rings (SSSR count). The summed E-state index contributed by atoms with van der Waals surface area (Å²) in [5.41, 5.74) is 3.37. The first-order valence-corrected chi connectivity index (χ1v) is 9.62. The molecule has 1 aromatic carbocycles. The summed E-state index contributed by atoms with van der Waals surface area (Å²) in [6.45, 7) is 6.61. The number of hydrogen-bond acceptors (Lipinski definition) is 4. The molecule has 1 saturated heterocycles. The molecule has 0 aliphatic carbocycles. The summed E-state index contributed by atoms with van der Waals surface area (Å²) in [5.74, 6) is 1.38. The smallest absolute Gasteiger partial charge is 0.130 e. The molecule has 140 valence electrons. The Balaban J connectivity index is 1.54. The summed E-state index contributed by atoms with van der Waals surface area (Å²) in [6.07, 6.45) is 9.43. The van der Waals surface area contributed by atoms with E-state index in [2.05, 4.69) is 58.2 Å². The Labute approximate surface area is 160 Å². The Morgan fingerprint density at radius 1 is 1.07 bits per heavy atom. The van der Waals surface area contributed by atoms with Gasteiger partial charge >= 0.3 is 0 Å². The van der Waals surface area contributed by atoms with Crippen LogP contribution in [0.5, 0.6) is 0 Å². The summed E-state index contributed by atoms with van der Waals surface area (Å²) < 4.78 is 1.83. The topological polar surface area (TPSA) is 46.0 Å². The third kappa shape index (κ3) is 4.03.